The minimum atomic E-state index is 0.334. The van der Waals surface area contributed by atoms with E-state index in [-0.39, 0.29) is 0 Å². The van der Waals surface area contributed by atoms with E-state index in [9.17, 15) is 0 Å². The number of nitrogens with zero attached hydrogens (tertiary/aromatic N) is 1. The van der Waals surface area contributed by atoms with Crippen molar-refractivity contribution < 1.29 is 0 Å². The molecule has 1 heterocycles. The summed E-state index contributed by atoms with van der Waals surface area (Å²) in [5.41, 5.74) is 5.80. The topological polar surface area (TPSA) is 29.3 Å². The molecule has 2 N–H and O–H groups in total. The number of nitrogens with two attached hydrogens (primary N) is 1. The molecule has 0 spiro atoms. The zero-order chi connectivity index (χ0) is 10.0. The summed E-state index contributed by atoms with van der Waals surface area (Å²) in [5.74, 6) is 1.71. The number of likely N-dealkylation sites (tertiary alicyclic amines) is 1. The highest BCUT2D eigenvalue weighted by molar-refractivity contribution is 4.82. The molecule has 0 saturated carbocycles. The zero-order valence-corrected chi connectivity index (χ0v) is 9.46. The van der Waals surface area contributed by atoms with E-state index in [2.05, 4.69) is 32.6 Å². The van der Waals surface area contributed by atoms with E-state index in [0.717, 1.165) is 18.3 Å². The van der Waals surface area contributed by atoms with Gasteiger partial charge in [0.15, 0.2) is 0 Å². The Labute approximate surface area is 82.5 Å². The number of hydrogen-bond acceptors (Lipinski definition) is 2. The molecule has 1 saturated heterocycles. The summed E-state index contributed by atoms with van der Waals surface area (Å²) in [4.78, 5) is 2.58. The quantitative estimate of drug-likeness (QED) is 0.723. The van der Waals surface area contributed by atoms with Crippen LogP contribution in [-0.2, 0) is 0 Å². The van der Waals surface area contributed by atoms with E-state index in [4.69, 9.17) is 5.73 Å². The second-order valence-corrected chi connectivity index (χ2v) is 4.97. The maximum atomic E-state index is 5.80. The summed E-state index contributed by atoms with van der Waals surface area (Å²) in [6.45, 7) is 11.6. The zero-order valence-electron chi connectivity index (χ0n) is 9.46. The average molecular weight is 184 g/mol. The molecule has 0 bridgehead atoms. The Balaban J connectivity index is 2.37. The van der Waals surface area contributed by atoms with Crippen LogP contribution in [0.5, 0.6) is 0 Å². The Bertz CT molecular complexity index is 146. The second-order valence-electron chi connectivity index (χ2n) is 4.97. The summed E-state index contributed by atoms with van der Waals surface area (Å²) in [6.07, 6.45) is 1.12. The molecule has 1 aliphatic rings. The highest BCUT2D eigenvalue weighted by Gasteiger charge is 2.28. The van der Waals surface area contributed by atoms with E-state index in [1.165, 1.54) is 13.1 Å². The highest BCUT2D eigenvalue weighted by atomic mass is 15.2. The number of rotatable bonds is 3. The first-order valence-corrected chi connectivity index (χ1v) is 5.50. The van der Waals surface area contributed by atoms with E-state index in [1.807, 2.05) is 0 Å². The molecule has 0 radical (unpaired) electrons. The second kappa shape index (κ2) is 4.43. The number of hydrogen-bond donors (Lipinski definition) is 1. The van der Waals surface area contributed by atoms with Gasteiger partial charge in [-0.1, -0.05) is 13.8 Å². The van der Waals surface area contributed by atoms with Gasteiger partial charge in [-0.3, -0.25) is 0 Å². The molecule has 1 aliphatic heterocycles. The Hall–Kier alpha value is -0.0800. The Kier molecular flexibility index (Phi) is 3.74. The van der Waals surface area contributed by atoms with Gasteiger partial charge in [0.1, 0.15) is 0 Å². The predicted molar refractivity (Wildman–Crippen MR) is 57.6 cm³/mol. The molecule has 2 nitrogen and oxygen atoms in total. The van der Waals surface area contributed by atoms with Crippen molar-refractivity contribution >= 4 is 0 Å². The van der Waals surface area contributed by atoms with Crippen LogP contribution in [0.1, 0.15) is 34.1 Å². The summed E-state index contributed by atoms with van der Waals surface area (Å²) in [5, 5.41) is 0. The van der Waals surface area contributed by atoms with Gasteiger partial charge in [-0.25, -0.2) is 0 Å². The molecule has 0 amide bonds. The van der Waals surface area contributed by atoms with Crippen LogP contribution >= 0.6 is 0 Å². The van der Waals surface area contributed by atoms with Crippen molar-refractivity contribution in [3.8, 4) is 0 Å². The van der Waals surface area contributed by atoms with Crippen LogP contribution in [0.3, 0.4) is 0 Å². The van der Waals surface area contributed by atoms with Crippen molar-refractivity contribution in [2.45, 2.75) is 46.2 Å². The molecule has 13 heavy (non-hydrogen) atoms. The van der Waals surface area contributed by atoms with Gasteiger partial charge in [-0.05, 0) is 32.1 Å². The molecule has 78 valence electrons. The smallest absolute Gasteiger partial charge is 0.00817 e. The van der Waals surface area contributed by atoms with Crippen LogP contribution in [0.2, 0.25) is 0 Å². The van der Waals surface area contributed by atoms with Gasteiger partial charge >= 0.3 is 0 Å². The third-order valence-electron chi connectivity index (χ3n) is 3.35. The SMILES string of the molecule is CC(N)CC(C)N1CC(C)C(C)C1. The van der Waals surface area contributed by atoms with Crippen molar-refractivity contribution in [1.29, 1.82) is 0 Å². The minimum absolute atomic E-state index is 0.334. The van der Waals surface area contributed by atoms with Crippen LogP contribution in [-0.4, -0.2) is 30.1 Å². The Morgan fingerprint density at radius 2 is 1.69 bits per heavy atom. The van der Waals surface area contributed by atoms with Gasteiger partial charge in [0, 0.05) is 25.2 Å². The third kappa shape index (κ3) is 2.96. The Morgan fingerprint density at radius 1 is 1.23 bits per heavy atom. The molecule has 1 rings (SSSR count). The summed E-state index contributed by atoms with van der Waals surface area (Å²) < 4.78 is 0. The van der Waals surface area contributed by atoms with Gasteiger partial charge in [0.25, 0.3) is 0 Å². The average Bonchev–Trinajstić information content (AvgIpc) is 2.31. The van der Waals surface area contributed by atoms with Crippen LogP contribution in [0, 0.1) is 11.8 Å². The lowest BCUT2D eigenvalue weighted by atomic mass is 10.0. The predicted octanol–water partition coefficient (Wildman–Crippen LogP) is 1.70. The van der Waals surface area contributed by atoms with Crippen molar-refractivity contribution in [3.05, 3.63) is 0 Å². The van der Waals surface area contributed by atoms with Gasteiger partial charge in [-0.2, -0.15) is 0 Å². The normalized spacial score (nSPS) is 34.8. The van der Waals surface area contributed by atoms with Crippen molar-refractivity contribution in [2.24, 2.45) is 17.6 Å². The maximum absolute atomic E-state index is 5.80. The van der Waals surface area contributed by atoms with E-state index >= 15 is 0 Å². The van der Waals surface area contributed by atoms with E-state index < -0.39 is 0 Å². The molecule has 4 unspecified atom stereocenters. The van der Waals surface area contributed by atoms with E-state index in [1.54, 1.807) is 0 Å². The fourth-order valence-corrected chi connectivity index (χ4v) is 2.22. The minimum Gasteiger partial charge on any atom is -0.328 e. The molecule has 0 aromatic carbocycles. The van der Waals surface area contributed by atoms with Crippen molar-refractivity contribution in [3.63, 3.8) is 0 Å². The molecule has 0 aliphatic carbocycles. The largest absolute Gasteiger partial charge is 0.328 e. The summed E-state index contributed by atoms with van der Waals surface area (Å²) in [6, 6.07) is 0.994. The van der Waals surface area contributed by atoms with E-state index in [0.29, 0.717) is 12.1 Å². The molecule has 2 heteroatoms. The van der Waals surface area contributed by atoms with Crippen molar-refractivity contribution in [2.75, 3.05) is 13.1 Å². The summed E-state index contributed by atoms with van der Waals surface area (Å²) >= 11 is 0. The fourth-order valence-electron chi connectivity index (χ4n) is 2.22. The van der Waals surface area contributed by atoms with Crippen LogP contribution < -0.4 is 5.73 Å². The first-order valence-electron chi connectivity index (χ1n) is 5.50. The monoisotopic (exact) mass is 184 g/mol. The van der Waals surface area contributed by atoms with Gasteiger partial charge in [0.05, 0.1) is 0 Å². The highest BCUT2D eigenvalue weighted by Crippen LogP contribution is 2.24. The molecular weight excluding hydrogens is 160 g/mol. The molecule has 1 fully saturated rings. The third-order valence-corrected chi connectivity index (χ3v) is 3.35. The first kappa shape index (κ1) is 11.0. The first-order chi connectivity index (χ1) is 6.00. The van der Waals surface area contributed by atoms with Crippen LogP contribution in [0.15, 0.2) is 0 Å². The molecule has 0 aromatic heterocycles. The Morgan fingerprint density at radius 3 is 2.08 bits per heavy atom. The van der Waals surface area contributed by atoms with Crippen molar-refractivity contribution in [1.82, 2.24) is 4.90 Å². The lowest BCUT2D eigenvalue weighted by molar-refractivity contribution is 0.228. The molecular formula is C11H24N2. The molecule has 4 atom stereocenters. The van der Waals surface area contributed by atoms with Gasteiger partial charge in [-0.15, -0.1) is 0 Å². The lowest BCUT2D eigenvalue weighted by Gasteiger charge is -2.25. The lowest BCUT2D eigenvalue weighted by Crippen LogP contribution is -2.35. The van der Waals surface area contributed by atoms with Gasteiger partial charge < -0.3 is 10.6 Å². The van der Waals surface area contributed by atoms with Crippen LogP contribution in [0.25, 0.3) is 0 Å². The maximum Gasteiger partial charge on any atom is 0.00817 e. The van der Waals surface area contributed by atoms with Gasteiger partial charge in [0.2, 0.25) is 0 Å². The summed E-state index contributed by atoms with van der Waals surface area (Å²) in [7, 11) is 0. The fraction of sp³-hybridized carbons (Fsp3) is 1.00. The molecule has 0 aromatic rings. The van der Waals surface area contributed by atoms with Crippen LogP contribution in [0.4, 0.5) is 0 Å². The standard InChI is InChI=1S/C11H24N2/c1-8-6-13(7-9(8)2)11(4)5-10(3)12/h8-11H,5-7,12H2,1-4H3.